The molecule has 7 heteroatoms. The third-order valence-electron chi connectivity index (χ3n) is 2.37. The second-order valence-corrected chi connectivity index (χ2v) is 6.68. The second kappa shape index (κ2) is 5.26. The van der Waals surface area contributed by atoms with Crippen LogP contribution in [0.3, 0.4) is 0 Å². The summed E-state index contributed by atoms with van der Waals surface area (Å²) in [6, 6.07) is 5.03. The lowest BCUT2D eigenvalue weighted by Gasteiger charge is -2.07. The smallest absolute Gasteiger partial charge is 0.284 e. The van der Waals surface area contributed by atoms with E-state index in [4.69, 9.17) is 0 Å². The van der Waals surface area contributed by atoms with Gasteiger partial charge in [0.25, 0.3) is 10.0 Å². The Morgan fingerprint density at radius 3 is 2.79 bits per heavy atom. The summed E-state index contributed by atoms with van der Waals surface area (Å²) in [7, 11) is -0.314. The van der Waals surface area contributed by atoms with Crippen LogP contribution in [0, 0.1) is 0 Å². The van der Waals surface area contributed by atoms with Crippen molar-refractivity contribution in [3.63, 3.8) is 0 Å². The Labute approximate surface area is 120 Å². The van der Waals surface area contributed by atoms with Gasteiger partial charge in [-0.3, -0.25) is 4.98 Å². The molecule has 0 aliphatic rings. The zero-order chi connectivity index (χ0) is 14.0. The molecule has 0 amide bonds. The van der Waals surface area contributed by atoms with Gasteiger partial charge in [0.05, 0.1) is 4.90 Å². The molecule has 1 aromatic carbocycles. The van der Waals surface area contributed by atoms with Crippen molar-refractivity contribution in [3.05, 3.63) is 35.1 Å². The van der Waals surface area contributed by atoms with E-state index in [0.29, 0.717) is 9.86 Å². The maximum atomic E-state index is 12.2. The summed E-state index contributed by atoms with van der Waals surface area (Å²) >= 11 is 3.30. The number of aromatic nitrogens is 1. The molecule has 0 aliphatic carbocycles. The molecule has 19 heavy (non-hydrogen) atoms. The van der Waals surface area contributed by atoms with Crippen LogP contribution in [0.1, 0.15) is 0 Å². The second-order valence-electron chi connectivity index (χ2n) is 4.16. The molecule has 2 rings (SSSR count). The molecule has 5 nitrogen and oxygen atoms in total. The Bertz CT molecular complexity index is 742. The predicted molar refractivity (Wildman–Crippen MR) is 78.8 cm³/mol. The van der Waals surface area contributed by atoms with Crippen LogP contribution in [0.15, 0.2) is 44.4 Å². The maximum absolute atomic E-state index is 12.2. The molecule has 100 valence electrons. The van der Waals surface area contributed by atoms with Gasteiger partial charge in [-0.15, -0.1) is 4.40 Å². The number of halogens is 1. The average Bonchev–Trinajstić information content (AvgIpc) is 2.35. The molecule has 0 bridgehead atoms. The molecular formula is C12H12BrN3O2S. The average molecular weight is 342 g/mol. The summed E-state index contributed by atoms with van der Waals surface area (Å²) < 4.78 is 28.8. The summed E-state index contributed by atoms with van der Waals surface area (Å²) in [6.45, 7) is 0. The van der Waals surface area contributed by atoms with E-state index in [2.05, 4.69) is 25.3 Å². The molecule has 0 unspecified atom stereocenters. The van der Waals surface area contributed by atoms with Crippen LogP contribution in [0.25, 0.3) is 10.8 Å². The van der Waals surface area contributed by atoms with E-state index in [9.17, 15) is 8.42 Å². The lowest BCUT2D eigenvalue weighted by atomic mass is 10.2. The third kappa shape index (κ3) is 3.10. The van der Waals surface area contributed by atoms with Gasteiger partial charge in [0.2, 0.25) is 0 Å². The van der Waals surface area contributed by atoms with Crippen molar-refractivity contribution in [2.24, 2.45) is 4.40 Å². The van der Waals surface area contributed by atoms with Gasteiger partial charge in [-0.25, -0.2) is 0 Å². The molecular weight excluding hydrogens is 330 g/mol. The minimum Gasteiger partial charge on any atom is -0.368 e. The SMILES string of the molecule is CN(C)/C=N/S(=O)(=O)c1cc(Br)cc2cnccc12. The van der Waals surface area contributed by atoms with Gasteiger partial charge in [-0.1, -0.05) is 15.9 Å². The van der Waals surface area contributed by atoms with Gasteiger partial charge < -0.3 is 4.90 Å². The zero-order valence-electron chi connectivity index (χ0n) is 10.4. The highest BCUT2D eigenvalue weighted by atomic mass is 79.9. The first-order valence-corrected chi connectivity index (χ1v) is 7.63. The highest BCUT2D eigenvalue weighted by molar-refractivity contribution is 9.10. The number of sulfonamides is 1. The van der Waals surface area contributed by atoms with E-state index in [1.54, 1.807) is 43.5 Å². The van der Waals surface area contributed by atoms with Gasteiger partial charge in [-0.2, -0.15) is 8.42 Å². The summed E-state index contributed by atoms with van der Waals surface area (Å²) in [4.78, 5) is 5.72. The lowest BCUT2D eigenvalue weighted by molar-refractivity contribution is 0.595. The van der Waals surface area contributed by atoms with Crippen molar-refractivity contribution in [3.8, 4) is 0 Å². The fourth-order valence-electron chi connectivity index (χ4n) is 1.57. The number of hydrogen-bond acceptors (Lipinski definition) is 3. The van der Waals surface area contributed by atoms with Gasteiger partial charge in [0, 0.05) is 41.7 Å². The van der Waals surface area contributed by atoms with E-state index in [1.165, 1.54) is 6.34 Å². The van der Waals surface area contributed by atoms with Crippen molar-refractivity contribution in [2.45, 2.75) is 4.90 Å². The molecule has 0 aliphatic heterocycles. The predicted octanol–water partition coefficient (Wildman–Crippen LogP) is 2.28. The van der Waals surface area contributed by atoms with E-state index >= 15 is 0 Å². The number of hydrogen-bond donors (Lipinski definition) is 0. The molecule has 0 spiro atoms. The largest absolute Gasteiger partial charge is 0.368 e. The van der Waals surface area contributed by atoms with Gasteiger partial charge in [-0.05, 0) is 18.2 Å². The normalized spacial score (nSPS) is 12.2. The molecule has 0 N–H and O–H groups in total. The van der Waals surface area contributed by atoms with Gasteiger partial charge in [0.15, 0.2) is 0 Å². The van der Waals surface area contributed by atoms with Crippen LogP contribution < -0.4 is 0 Å². The molecule has 0 fully saturated rings. The first-order chi connectivity index (χ1) is 8.90. The van der Waals surface area contributed by atoms with Crippen LogP contribution in [-0.2, 0) is 10.0 Å². The van der Waals surface area contributed by atoms with E-state index in [0.717, 1.165) is 5.39 Å². The van der Waals surface area contributed by atoms with Crippen LogP contribution >= 0.6 is 15.9 Å². The zero-order valence-corrected chi connectivity index (χ0v) is 12.8. The number of fused-ring (bicyclic) bond motifs is 1. The van der Waals surface area contributed by atoms with Gasteiger partial charge >= 0.3 is 0 Å². The molecule has 1 heterocycles. The number of pyridine rings is 1. The first-order valence-electron chi connectivity index (χ1n) is 5.40. The van der Waals surface area contributed by atoms with Crippen LogP contribution in [0.2, 0.25) is 0 Å². The summed E-state index contributed by atoms with van der Waals surface area (Å²) in [5.74, 6) is 0. The summed E-state index contributed by atoms with van der Waals surface area (Å²) in [5.41, 5.74) is 0. The number of rotatable bonds is 3. The van der Waals surface area contributed by atoms with Gasteiger partial charge in [0.1, 0.15) is 6.34 Å². The minimum atomic E-state index is -3.73. The molecule has 0 radical (unpaired) electrons. The Balaban J connectivity index is 2.68. The Hall–Kier alpha value is -1.47. The first kappa shape index (κ1) is 14.0. The van der Waals surface area contributed by atoms with Crippen molar-refractivity contribution in [2.75, 3.05) is 14.1 Å². The molecule has 2 aromatic rings. The Kier molecular flexibility index (Phi) is 3.86. The highest BCUT2D eigenvalue weighted by Gasteiger charge is 2.17. The molecule has 0 saturated carbocycles. The van der Waals surface area contributed by atoms with Crippen LogP contribution in [-0.4, -0.2) is 38.7 Å². The molecule has 1 aromatic heterocycles. The van der Waals surface area contributed by atoms with E-state index in [-0.39, 0.29) is 4.90 Å². The Morgan fingerprint density at radius 1 is 1.37 bits per heavy atom. The minimum absolute atomic E-state index is 0.164. The van der Waals surface area contributed by atoms with Crippen molar-refractivity contribution >= 4 is 43.1 Å². The summed E-state index contributed by atoms with van der Waals surface area (Å²) in [6.07, 6.45) is 4.45. The highest BCUT2D eigenvalue weighted by Crippen LogP contribution is 2.28. The van der Waals surface area contributed by atoms with Crippen molar-refractivity contribution in [1.29, 1.82) is 0 Å². The third-order valence-corrected chi connectivity index (χ3v) is 4.10. The Morgan fingerprint density at radius 2 is 2.11 bits per heavy atom. The topological polar surface area (TPSA) is 62.6 Å². The lowest BCUT2D eigenvalue weighted by Crippen LogP contribution is -2.10. The monoisotopic (exact) mass is 341 g/mol. The molecule has 0 atom stereocenters. The molecule has 0 saturated heterocycles. The standard InChI is InChI=1S/C12H12BrN3O2S/c1-16(2)8-15-19(17,18)12-6-10(13)5-9-7-14-4-3-11(9)12/h3-8H,1-2H3/b15-8+. The number of benzene rings is 1. The van der Waals surface area contributed by atoms with Crippen molar-refractivity contribution in [1.82, 2.24) is 9.88 Å². The maximum Gasteiger partial charge on any atom is 0.284 e. The quantitative estimate of drug-likeness (QED) is 0.634. The fraction of sp³-hybridized carbons (Fsp3) is 0.167. The van der Waals surface area contributed by atoms with E-state index < -0.39 is 10.0 Å². The number of nitrogens with zero attached hydrogens (tertiary/aromatic N) is 3. The van der Waals surface area contributed by atoms with Crippen molar-refractivity contribution < 1.29 is 8.42 Å². The van der Waals surface area contributed by atoms with E-state index in [1.807, 2.05) is 6.07 Å². The van der Waals surface area contributed by atoms with Crippen LogP contribution in [0.5, 0.6) is 0 Å². The summed E-state index contributed by atoms with van der Waals surface area (Å²) in [5, 5.41) is 1.35. The van der Waals surface area contributed by atoms with Crippen LogP contribution in [0.4, 0.5) is 0 Å². The fourth-order valence-corrected chi connectivity index (χ4v) is 3.36.